The van der Waals surface area contributed by atoms with Crippen molar-refractivity contribution in [1.29, 1.82) is 0 Å². The molecule has 0 aliphatic carbocycles. The van der Waals surface area contributed by atoms with Crippen LogP contribution < -0.4 is 5.73 Å². The van der Waals surface area contributed by atoms with Crippen LogP contribution in [0.2, 0.25) is 0 Å². The van der Waals surface area contributed by atoms with Crippen LogP contribution in [-0.4, -0.2) is 23.8 Å². The first-order valence-corrected chi connectivity index (χ1v) is 4.64. The molecule has 0 aromatic carbocycles. The van der Waals surface area contributed by atoms with Gasteiger partial charge in [0.25, 0.3) is 0 Å². The predicted molar refractivity (Wildman–Crippen MR) is 52.9 cm³/mol. The molecule has 0 rings (SSSR count). The quantitative estimate of drug-likeness (QED) is 0.288. The van der Waals surface area contributed by atoms with Gasteiger partial charge in [-0.3, -0.25) is 0 Å². The van der Waals surface area contributed by atoms with Crippen molar-refractivity contribution in [1.82, 2.24) is 0 Å². The fraction of sp³-hybridized carbons (Fsp3) is 0.889. The summed E-state index contributed by atoms with van der Waals surface area (Å²) in [5.74, 6) is 0.857. The highest BCUT2D eigenvalue weighted by Crippen LogP contribution is 2.07. The second-order valence-corrected chi connectivity index (χ2v) is 3.65. The monoisotopic (exact) mass is 188 g/mol. The van der Waals surface area contributed by atoms with E-state index in [-0.39, 0.29) is 11.9 Å². The lowest BCUT2D eigenvalue weighted by Gasteiger charge is -2.14. The molecule has 0 aliphatic heterocycles. The van der Waals surface area contributed by atoms with Crippen molar-refractivity contribution < 1.29 is 9.94 Å². The van der Waals surface area contributed by atoms with Crippen LogP contribution in [0.15, 0.2) is 5.16 Å². The van der Waals surface area contributed by atoms with Gasteiger partial charge in [0.15, 0.2) is 0 Å². The third-order valence-corrected chi connectivity index (χ3v) is 1.69. The van der Waals surface area contributed by atoms with Gasteiger partial charge in [0.05, 0.1) is 12.7 Å². The van der Waals surface area contributed by atoms with Gasteiger partial charge in [0.2, 0.25) is 0 Å². The van der Waals surface area contributed by atoms with E-state index in [0.717, 1.165) is 6.42 Å². The molecule has 0 amide bonds. The number of nitrogens with zero attached hydrogens (tertiary/aromatic N) is 1. The molecule has 0 heterocycles. The van der Waals surface area contributed by atoms with Gasteiger partial charge in [0, 0.05) is 6.42 Å². The summed E-state index contributed by atoms with van der Waals surface area (Å²) >= 11 is 0. The molecule has 0 aromatic heterocycles. The Hall–Kier alpha value is -0.770. The topological polar surface area (TPSA) is 67.8 Å². The van der Waals surface area contributed by atoms with Crippen LogP contribution in [0.3, 0.4) is 0 Å². The van der Waals surface area contributed by atoms with Crippen LogP contribution in [0.4, 0.5) is 0 Å². The van der Waals surface area contributed by atoms with E-state index in [9.17, 15) is 0 Å². The minimum absolute atomic E-state index is 0.219. The zero-order valence-corrected chi connectivity index (χ0v) is 8.66. The minimum Gasteiger partial charge on any atom is -0.409 e. The van der Waals surface area contributed by atoms with Gasteiger partial charge in [-0.05, 0) is 19.3 Å². The number of oxime groups is 1. The molecule has 1 atom stereocenters. The average molecular weight is 188 g/mol. The van der Waals surface area contributed by atoms with E-state index < -0.39 is 0 Å². The van der Waals surface area contributed by atoms with E-state index in [4.69, 9.17) is 15.7 Å². The summed E-state index contributed by atoms with van der Waals surface area (Å²) in [5, 5.41) is 11.1. The van der Waals surface area contributed by atoms with Gasteiger partial charge >= 0.3 is 0 Å². The van der Waals surface area contributed by atoms with Crippen molar-refractivity contribution in [2.24, 2.45) is 16.8 Å². The maximum Gasteiger partial charge on any atom is 0.141 e. The molecule has 0 aromatic rings. The van der Waals surface area contributed by atoms with Gasteiger partial charge < -0.3 is 15.7 Å². The lowest BCUT2D eigenvalue weighted by molar-refractivity contribution is 0.0565. The van der Waals surface area contributed by atoms with E-state index in [1.807, 2.05) is 6.92 Å². The van der Waals surface area contributed by atoms with Crippen LogP contribution >= 0.6 is 0 Å². The Kier molecular flexibility index (Phi) is 6.32. The molecule has 0 saturated heterocycles. The number of nitrogens with two attached hydrogens (primary N) is 1. The fourth-order valence-corrected chi connectivity index (χ4v) is 1.15. The first-order valence-electron chi connectivity index (χ1n) is 4.64. The molecule has 4 nitrogen and oxygen atoms in total. The Labute approximate surface area is 79.8 Å². The Morgan fingerprint density at radius 2 is 2.08 bits per heavy atom. The van der Waals surface area contributed by atoms with E-state index in [2.05, 4.69) is 19.0 Å². The smallest absolute Gasteiger partial charge is 0.141 e. The lowest BCUT2D eigenvalue weighted by Crippen LogP contribution is -2.18. The highest BCUT2D eigenvalue weighted by Gasteiger charge is 2.05. The van der Waals surface area contributed by atoms with Crippen molar-refractivity contribution in [3.8, 4) is 0 Å². The molecule has 13 heavy (non-hydrogen) atoms. The fourth-order valence-electron chi connectivity index (χ4n) is 1.15. The molecule has 3 N–H and O–H groups in total. The van der Waals surface area contributed by atoms with Crippen LogP contribution in [0.25, 0.3) is 0 Å². The minimum atomic E-state index is 0.219. The first-order chi connectivity index (χ1) is 6.06. The zero-order valence-electron chi connectivity index (χ0n) is 8.66. The molecule has 0 bridgehead atoms. The van der Waals surface area contributed by atoms with Crippen molar-refractivity contribution >= 4 is 5.84 Å². The maximum atomic E-state index is 8.25. The van der Waals surface area contributed by atoms with E-state index in [1.165, 1.54) is 0 Å². The van der Waals surface area contributed by atoms with Crippen LogP contribution in [0.5, 0.6) is 0 Å². The molecular weight excluding hydrogens is 168 g/mol. The van der Waals surface area contributed by atoms with E-state index in [0.29, 0.717) is 18.9 Å². The van der Waals surface area contributed by atoms with Crippen LogP contribution in [0, 0.1) is 5.92 Å². The number of amidine groups is 1. The van der Waals surface area contributed by atoms with Gasteiger partial charge in [-0.2, -0.15) is 0 Å². The summed E-state index contributed by atoms with van der Waals surface area (Å²) in [4.78, 5) is 0. The second-order valence-electron chi connectivity index (χ2n) is 3.65. The van der Waals surface area contributed by atoms with Crippen molar-refractivity contribution in [2.75, 3.05) is 6.61 Å². The van der Waals surface area contributed by atoms with Crippen LogP contribution in [0.1, 0.15) is 33.6 Å². The molecule has 4 heteroatoms. The van der Waals surface area contributed by atoms with E-state index >= 15 is 0 Å². The molecule has 0 radical (unpaired) electrons. The number of hydrogen-bond acceptors (Lipinski definition) is 3. The zero-order chi connectivity index (χ0) is 10.3. The first kappa shape index (κ1) is 12.2. The Balaban J connectivity index is 3.42. The number of ether oxygens (including phenoxy) is 1. The largest absolute Gasteiger partial charge is 0.409 e. The SMILES string of the molecule is CC(C)CC(C)OCC/C(N)=N/O. The lowest BCUT2D eigenvalue weighted by atomic mass is 10.1. The molecule has 0 fully saturated rings. The normalized spacial score (nSPS) is 14.9. The summed E-state index contributed by atoms with van der Waals surface area (Å²) in [6.45, 7) is 6.86. The van der Waals surface area contributed by atoms with Gasteiger partial charge in [-0.25, -0.2) is 0 Å². The molecule has 0 spiro atoms. The van der Waals surface area contributed by atoms with Crippen molar-refractivity contribution in [3.05, 3.63) is 0 Å². The Bertz CT molecular complexity index is 158. The molecular formula is C9H20N2O2. The van der Waals surface area contributed by atoms with E-state index in [1.54, 1.807) is 0 Å². The Morgan fingerprint density at radius 3 is 2.54 bits per heavy atom. The predicted octanol–water partition coefficient (Wildman–Crippen LogP) is 1.57. The maximum absolute atomic E-state index is 8.25. The highest BCUT2D eigenvalue weighted by molar-refractivity contribution is 5.79. The number of hydrogen-bond donors (Lipinski definition) is 2. The van der Waals surface area contributed by atoms with Gasteiger partial charge in [0.1, 0.15) is 5.84 Å². The van der Waals surface area contributed by atoms with Gasteiger partial charge in [-0.1, -0.05) is 19.0 Å². The van der Waals surface area contributed by atoms with Crippen molar-refractivity contribution in [3.63, 3.8) is 0 Å². The van der Waals surface area contributed by atoms with Crippen molar-refractivity contribution in [2.45, 2.75) is 39.7 Å². The standard InChI is InChI=1S/C9H20N2O2/c1-7(2)6-8(3)13-5-4-9(10)11-12/h7-8,12H,4-6H2,1-3H3,(H2,10,11). The number of rotatable bonds is 6. The summed E-state index contributed by atoms with van der Waals surface area (Å²) < 4.78 is 5.45. The van der Waals surface area contributed by atoms with Crippen LogP contribution in [-0.2, 0) is 4.74 Å². The summed E-state index contributed by atoms with van der Waals surface area (Å²) in [6, 6.07) is 0. The molecule has 0 saturated carbocycles. The van der Waals surface area contributed by atoms with Gasteiger partial charge in [-0.15, -0.1) is 0 Å². The Morgan fingerprint density at radius 1 is 1.46 bits per heavy atom. The molecule has 0 aliphatic rings. The third-order valence-electron chi connectivity index (χ3n) is 1.69. The third kappa shape index (κ3) is 7.59. The average Bonchev–Trinajstić information content (AvgIpc) is 2.02. The molecule has 1 unspecified atom stereocenters. The highest BCUT2D eigenvalue weighted by atomic mass is 16.5. The summed E-state index contributed by atoms with van der Waals surface area (Å²) in [6.07, 6.45) is 1.77. The summed E-state index contributed by atoms with van der Waals surface area (Å²) in [7, 11) is 0. The molecule has 78 valence electrons. The summed E-state index contributed by atoms with van der Waals surface area (Å²) in [5.41, 5.74) is 5.28. The second kappa shape index (κ2) is 6.71.